The summed E-state index contributed by atoms with van der Waals surface area (Å²) in [6.45, 7) is 2.09. The summed E-state index contributed by atoms with van der Waals surface area (Å²) in [4.78, 5) is 17.3. The Labute approximate surface area is 210 Å². The highest BCUT2D eigenvalue weighted by atomic mass is 79.9. The van der Waals surface area contributed by atoms with E-state index in [-0.39, 0.29) is 5.56 Å². The molecule has 0 amide bonds. The maximum absolute atomic E-state index is 12.9. The third-order valence-corrected chi connectivity index (χ3v) is 6.48. The van der Waals surface area contributed by atoms with Gasteiger partial charge in [-0.05, 0) is 82.5 Å². The molecule has 3 aromatic carbocycles. The highest BCUT2D eigenvalue weighted by Crippen LogP contribution is 2.28. The summed E-state index contributed by atoms with van der Waals surface area (Å²) in [6.07, 6.45) is 1.60. The molecule has 0 saturated carbocycles. The minimum atomic E-state index is -0.231. The van der Waals surface area contributed by atoms with Crippen LogP contribution in [0.3, 0.4) is 0 Å². The molecule has 0 saturated heterocycles. The molecule has 5 nitrogen and oxygen atoms in total. The molecule has 0 atom stereocenters. The molecule has 0 unspecified atom stereocenters. The van der Waals surface area contributed by atoms with E-state index in [1.807, 2.05) is 30.3 Å². The van der Waals surface area contributed by atoms with Crippen molar-refractivity contribution in [3.63, 3.8) is 0 Å². The third-order valence-electron chi connectivity index (χ3n) is 4.63. The molecular weight excluding hydrogens is 581 g/mol. The van der Waals surface area contributed by atoms with Crippen molar-refractivity contribution in [2.45, 2.75) is 13.5 Å². The first-order chi connectivity index (χ1) is 15.3. The number of rotatable bonds is 5. The molecule has 0 N–H and O–H groups in total. The van der Waals surface area contributed by atoms with E-state index in [1.54, 1.807) is 37.4 Å². The Morgan fingerprint density at radius 3 is 2.62 bits per heavy atom. The van der Waals surface area contributed by atoms with E-state index in [4.69, 9.17) is 27.9 Å². The Balaban J connectivity index is 1.54. The van der Waals surface area contributed by atoms with Crippen LogP contribution in [-0.4, -0.2) is 15.9 Å². The normalized spacial score (nSPS) is 11.4. The molecule has 162 valence electrons. The van der Waals surface area contributed by atoms with E-state index in [1.165, 1.54) is 4.68 Å². The van der Waals surface area contributed by atoms with E-state index in [9.17, 15) is 4.79 Å². The van der Waals surface area contributed by atoms with E-state index in [0.29, 0.717) is 39.1 Å². The lowest BCUT2D eigenvalue weighted by Gasteiger charge is -2.10. The molecule has 0 bridgehead atoms. The van der Waals surface area contributed by atoms with Crippen LogP contribution in [-0.2, 0) is 6.61 Å². The molecule has 0 aliphatic carbocycles. The van der Waals surface area contributed by atoms with Crippen molar-refractivity contribution in [2.24, 2.45) is 5.10 Å². The van der Waals surface area contributed by atoms with Crippen molar-refractivity contribution in [3.05, 3.63) is 101 Å². The molecule has 0 aliphatic heterocycles. The smallest absolute Gasteiger partial charge is 0.282 e. The number of nitrogens with zero attached hydrogens (tertiary/aromatic N) is 3. The third kappa shape index (κ3) is 5.07. The van der Waals surface area contributed by atoms with Crippen LogP contribution in [0.1, 0.15) is 17.0 Å². The zero-order valence-corrected chi connectivity index (χ0v) is 21.3. The summed E-state index contributed by atoms with van der Waals surface area (Å²) >= 11 is 18.9. The van der Waals surface area contributed by atoms with Gasteiger partial charge in [0.2, 0.25) is 0 Å². The van der Waals surface area contributed by atoms with Gasteiger partial charge >= 0.3 is 0 Å². The number of hydrogen-bond donors (Lipinski definition) is 0. The van der Waals surface area contributed by atoms with Gasteiger partial charge in [0.15, 0.2) is 0 Å². The topological polar surface area (TPSA) is 56.5 Å². The number of hydrogen-bond acceptors (Lipinski definition) is 4. The SMILES string of the molecule is Cc1nc2ccc(Br)cc2c(=O)n1N=Cc1ccc(OCc2ccc(Cl)c(Cl)c2)c(Br)c1. The Kier molecular flexibility index (Phi) is 7.00. The maximum Gasteiger partial charge on any atom is 0.282 e. The largest absolute Gasteiger partial charge is 0.488 e. The van der Waals surface area contributed by atoms with Crippen LogP contribution in [0.4, 0.5) is 0 Å². The van der Waals surface area contributed by atoms with Crippen molar-refractivity contribution in [1.82, 2.24) is 9.66 Å². The summed E-state index contributed by atoms with van der Waals surface area (Å²) in [5, 5.41) is 5.83. The molecule has 0 radical (unpaired) electrons. The first-order valence-electron chi connectivity index (χ1n) is 9.41. The van der Waals surface area contributed by atoms with Gasteiger partial charge in [-0.25, -0.2) is 4.98 Å². The lowest BCUT2D eigenvalue weighted by molar-refractivity contribution is 0.304. The number of benzene rings is 3. The van der Waals surface area contributed by atoms with Crippen LogP contribution >= 0.6 is 55.1 Å². The van der Waals surface area contributed by atoms with Gasteiger partial charge in [0.25, 0.3) is 5.56 Å². The summed E-state index contributed by atoms with van der Waals surface area (Å²) in [6, 6.07) is 16.3. The Morgan fingerprint density at radius 2 is 1.88 bits per heavy atom. The van der Waals surface area contributed by atoms with Gasteiger partial charge in [0, 0.05) is 4.47 Å². The van der Waals surface area contributed by atoms with Crippen molar-refractivity contribution >= 4 is 72.2 Å². The molecule has 4 aromatic rings. The molecule has 4 rings (SSSR count). The fourth-order valence-corrected chi connectivity index (χ4v) is 4.22. The van der Waals surface area contributed by atoms with Gasteiger partial charge in [-0.3, -0.25) is 4.79 Å². The second-order valence-corrected chi connectivity index (χ2v) is 9.49. The number of fused-ring (bicyclic) bond motifs is 1. The molecule has 0 aliphatic rings. The molecular formula is C23H15Br2Cl2N3O2. The first-order valence-corrected chi connectivity index (χ1v) is 11.8. The van der Waals surface area contributed by atoms with Gasteiger partial charge in [0.1, 0.15) is 18.2 Å². The minimum absolute atomic E-state index is 0.231. The molecule has 9 heteroatoms. The second-order valence-electron chi connectivity index (χ2n) is 6.91. The zero-order valence-electron chi connectivity index (χ0n) is 16.7. The van der Waals surface area contributed by atoms with Crippen LogP contribution in [0, 0.1) is 6.92 Å². The van der Waals surface area contributed by atoms with E-state index in [2.05, 4.69) is 41.9 Å². The number of halogens is 4. The summed E-state index contributed by atoms with van der Waals surface area (Å²) in [7, 11) is 0. The van der Waals surface area contributed by atoms with Crippen LogP contribution in [0.5, 0.6) is 5.75 Å². The van der Waals surface area contributed by atoms with Gasteiger partial charge in [0.05, 0.1) is 31.6 Å². The van der Waals surface area contributed by atoms with E-state index >= 15 is 0 Å². The molecule has 0 fully saturated rings. The summed E-state index contributed by atoms with van der Waals surface area (Å²) in [5.41, 5.74) is 2.10. The average Bonchev–Trinajstić information content (AvgIpc) is 2.76. The highest BCUT2D eigenvalue weighted by molar-refractivity contribution is 9.10. The number of ether oxygens (including phenoxy) is 1. The zero-order chi connectivity index (χ0) is 22.8. The molecule has 1 heterocycles. The minimum Gasteiger partial charge on any atom is -0.488 e. The van der Waals surface area contributed by atoms with E-state index in [0.717, 1.165) is 20.1 Å². The summed E-state index contributed by atoms with van der Waals surface area (Å²) in [5.74, 6) is 1.17. The van der Waals surface area contributed by atoms with Crippen molar-refractivity contribution in [2.75, 3.05) is 0 Å². The second kappa shape index (κ2) is 9.75. The lowest BCUT2D eigenvalue weighted by Crippen LogP contribution is -2.20. The Morgan fingerprint density at radius 1 is 1.06 bits per heavy atom. The Bertz CT molecular complexity index is 1420. The fraction of sp³-hybridized carbons (Fsp3) is 0.0870. The van der Waals surface area contributed by atoms with E-state index < -0.39 is 0 Å². The predicted octanol–water partition coefficient (Wildman–Crippen LogP) is 7.00. The van der Waals surface area contributed by atoms with Gasteiger partial charge in [-0.1, -0.05) is 45.2 Å². The predicted molar refractivity (Wildman–Crippen MR) is 136 cm³/mol. The van der Waals surface area contributed by atoms with Crippen LogP contribution in [0.25, 0.3) is 10.9 Å². The van der Waals surface area contributed by atoms with Crippen LogP contribution in [0.2, 0.25) is 10.0 Å². The lowest BCUT2D eigenvalue weighted by atomic mass is 10.2. The highest BCUT2D eigenvalue weighted by Gasteiger charge is 2.08. The first kappa shape index (κ1) is 23.0. The molecule has 0 spiro atoms. The summed E-state index contributed by atoms with van der Waals surface area (Å²) < 4.78 is 8.72. The van der Waals surface area contributed by atoms with Gasteiger partial charge in [-0.2, -0.15) is 9.78 Å². The fourth-order valence-electron chi connectivity index (χ4n) is 3.03. The molecule has 1 aromatic heterocycles. The average molecular weight is 596 g/mol. The maximum atomic E-state index is 12.9. The quantitative estimate of drug-likeness (QED) is 0.234. The number of aryl methyl sites for hydroxylation is 1. The van der Waals surface area contributed by atoms with Crippen LogP contribution < -0.4 is 10.3 Å². The van der Waals surface area contributed by atoms with Crippen molar-refractivity contribution in [3.8, 4) is 5.75 Å². The van der Waals surface area contributed by atoms with Crippen molar-refractivity contribution < 1.29 is 4.74 Å². The van der Waals surface area contributed by atoms with Crippen LogP contribution in [0.15, 0.2) is 73.4 Å². The van der Waals surface area contributed by atoms with Gasteiger partial charge < -0.3 is 4.74 Å². The molecule has 32 heavy (non-hydrogen) atoms. The monoisotopic (exact) mass is 593 g/mol. The van der Waals surface area contributed by atoms with Gasteiger partial charge in [-0.15, -0.1) is 0 Å². The van der Waals surface area contributed by atoms with Crippen molar-refractivity contribution in [1.29, 1.82) is 0 Å². The Hall–Kier alpha value is -2.19. The number of aromatic nitrogens is 2. The standard InChI is InChI=1S/C23H15Br2Cl2N3O2/c1-13-29-21-6-4-16(24)10-17(21)23(31)30(13)28-11-14-3-7-22(18(25)8-14)32-12-15-2-5-19(26)20(27)9-15/h2-11H,12H2,1H3.